The molecule has 0 radical (unpaired) electrons. The predicted molar refractivity (Wildman–Crippen MR) is 87.8 cm³/mol. The molecular formula is C16H23N3O3. The number of benzene rings is 1. The summed E-state index contributed by atoms with van der Waals surface area (Å²) in [5.74, 6) is 0. The number of H-pyrrole nitrogens is 1. The highest BCUT2D eigenvalue weighted by atomic mass is 16.6. The smallest absolute Gasteiger partial charge is 0.423 e. The van der Waals surface area contributed by atoms with Crippen molar-refractivity contribution in [1.82, 2.24) is 9.55 Å². The molecule has 0 unspecified atom stereocenters. The van der Waals surface area contributed by atoms with Crippen molar-refractivity contribution in [3.05, 3.63) is 28.7 Å². The zero-order valence-corrected chi connectivity index (χ0v) is 13.8. The van der Waals surface area contributed by atoms with Crippen LogP contribution in [-0.2, 0) is 4.74 Å². The van der Waals surface area contributed by atoms with Gasteiger partial charge in [0.25, 0.3) is 0 Å². The highest BCUT2D eigenvalue weighted by Gasteiger charge is 2.23. The number of rotatable bonds is 3. The molecule has 120 valence electrons. The summed E-state index contributed by atoms with van der Waals surface area (Å²) in [4.78, 5) is 29.4. The third-order valence-electron chi connectivity index (χ3n) is 3.38. The first kappa shape index (κ1) is 16.1. The Morgan fingerprint density at radius 2 is 1.91 bits per heavy atom. The van der Waals surface area contributed by atoms with Crippen LogP contribution in [0.15, 0.2) is 23.0 Å². The molecule has 0 aliphatic rings. The fourth-order valence-corrected chi connectivity index (χ4v) is 2.43. The molecule has 0 saturated carbocycles. The molecule has 22 heavy (non-hydrogen) atoms. The van der Waals surface area contributed by atoms with Gasteiger partial charge in [0.15, 0.2) is 0 Å². The number of hydrogen-bond acceptors (Lipinski definition) is 4. The van der Waals surface area contributed by atoms with Gasteiger partial charge in [0.05, 0.1) is 16.7 Å². The van der Waals surface area contributed by atoms with Gasteiger partial charge in [-0.1, -0.05) is 6.07 Å². The Kier molecular flexibility index (Phi) is 4.30. The summed E-state index contributed by atoms with van der Waals surface area (Å²) in [6.45, 7) is 11.0. The van der Waals surface area contributed by atoms with Crippen LogP contribution < -0.4 is 10.6 Å². The molecule has 6 nitrogen and oxygen atoms in total. The Morgan fingerprint density at radius 3 is 2.45 bits per heavy atom. The third-order valence-corrected chi connectivity index (χ3v) is 3.38. The van der Waals surface area contributed by atoms with E-state index in [0.29, 0.717) is 11.0 Å². The van der Waals surface area contributed by atoms with Gasteiger partial charge in [-0.15, -0.1) is 0 Å². The van der Waals surface area contributed by atoms with Crippen LogP contribution >= 0.6 is 0 Å². The Morgan fingerprint density at radius 1 is 1.27 bits per heavy atom. The molecule has 6 heteroatoms. The maximum Gasteiger partial charge on any atom is 0.423 e. The summed E-state index contributed by atoms with van der Waals surface area (Å²) in [5.41, 5.74) is 0.952. The van der Waals surface area contributed by atoms with Crippen LogP contribution in [0.5, 0.6) is 0 Å². The number of imidazole rings is 1. The summed E-state index contributed by atoms with van der Waals surface area (Å²) in [7, 11) is 0. The molecule has 2 rings (SSSR count). The Bertz CT molecular complexity index is 733. The predicted octanol–water partition coefficient (Wildman–Crippen LogP) is 2.96. The summed E-state index contributed by atoms with van der Waals surface area (Å²) < 4.78 is 6.36. The topological polar surface area (TPSA) is 67.3 Å². The molecule has 1 aromatic heterocycles. The normalized spacial score (nSPS) is 11.7. The number of para-hydroxylation sites is 1. The lowest BCUT2D eigenvalue weighted by molar-refractivity contribution is 0.0538. The minimum atomic E-state index is -0.666. The number of nitrogens with zero attached hydrogens (tertiary/aromatic N) is 2. The van der Waals surface area contributed by atoms with Gasteiger partial charge in [0.1, 0.15) is 5.60 Å². The van der Waals surface area contributed by atoms with Gasteiger partial charge in [0.2, 0.25) is 0 Å². The molecule has 0 aliphatic carbocycles. The van der Waals surface area contributed by atoms with E-state index in [4.69, 9.17) is 4.74 Å². The fourth-order valence-electron chi connectivity index (χ4n) is 2.43. The minimum absolute atomic E-state index is 0.483. The zero-order valence-electron chi connectivity index (χ0n) is 13.8. The van der Waals surface area contributed by atoms with Crippen molar-refractivity contribution in [1.29, 1.82) is 0 Å². The first-order valence-electron chi connectivity index (χ1n) is 7.50. The average Bonchev–Trinajstić information content (AvgIpc) is 2.75. The third kappa shape index (κ3) is 3.00. The number of hydrogen-bond donors (Lipinski definition) is 1. The monoisotopic (exact) mass is 305 g/mol. The first-order valence-corrected chi connectivity index (χ1v) is 7.50. The molecule has 0 bridgehead atoms. The molecule has 0 amide bonds. The number of aromatic amines is 1. The molecule has 0 aliphatic heterocycles. The number of aromatic nitrogens is 2. The fraction of sp³-hybridized carbons (Fsp3) is 0.500. The first-order chi connectivity index (χ1) is 10.3. The molecule has 0 spiro atoms. The Hall–Kier alpha value is -2.24. The number of anilines is 1. The number of carbonyl (C=O) groups excluding carboxylic acids is 1. The van der Waals surface area contributed by atoms with Crippen LogP contribution in [0.2, 0.25) is 0 Å². The van der Waals surface area contributed by atoms with Gasteiger partial charge >= 0.3 is 11.8 Å². The molecular weight excluding hydrogens is 282 g/mol. The van der Waals surface area contributed by atoms with Crippen molar-refractivity contribution in [2.24, 2.45) is 0 Å². The van der Waals surface area contributed by atoms with Crippen molar-refractivity contribution in [2.75, 3.05) is 18.0 Å². The van der Waals surface area contributed by atoms with Gasteiger partial charge in [-0.25, -0.2) is 9.59 Å². The van der Waals surface area contributed by atoms with Crippen LogP contribution in [0.3, 0.4) is 0 Å². The Labute approximate surface area is 129 Å². The van der Waals surface area contributed by atoms with E-state index in [2.05, 4.69) is 9.88 Å². The summed E-state index contributed by atoms with van der Waals surface area (Å²) in [5, 5.41) is 0. The van der Waals surface area contributed by atoms with Gasteiger partial charge < -0.3 is 14.6 Å². The van der Waals surface area contributed by atoms with Crippen molar-refractivity contribution < 1.29 is 9.53 Å². The molecule has 1 aromatic carbocycles. The number of nitrogens with one attached hydrogen (secondary N) is 1. The van der Waals surface area contributed by atoms with E-state index in [1.54, 1.807) is 26.8 Å². The van der Waals surface area contributed by atoms with E-state index in [1.165, 1.54) is 0 Å². The maximum atomic E-state index is 12.3. The highest BCUT2D eigenvalue weighted by molar-refractivity contribution is 5.94. The van der Waals surface area contributed by atoms with Crippen LogP contribution in [0.25, 0.3) is 11.0 Å². The van der Waals surface area contributed by atoms with Crippen molar-refractivity contribution in [3.8, 4) is 0 Å². The largest absolute Gasteiger partial charge is 0.443 e. The van der Waals surface area contributed by atoms with E-state index in [1.807, 2.05) is 26.0 Å². The lowest BCUT2D eigenvalue weighted by Gasteiger charge is -2.21. The lowest BCUT2D eigenvalue weighted by atomic mass is 10.2. The van der Waals surface area contributed by atoms with E-state index in [9.17, 15) is 9.59 Å². The van der Waals surface area contributed by atoms with Crippen LogP contribution in [0.4, 0.5) is 10.5 Å². The molecule has 0 saturated heterocycles. The van der Waals surface area contributed by atoms with E-state index in [-0.39, 0.29) is 0 Å². The van der Waals surface area contributed by atoms with Crippen molar-refractivity contribution >= 4 is 22.8 Å². The standard InChI is InChI=1S/C16H23N3O3/c1-6-18(7-2)11-9-8-10-12-13(11)17-14(20)19(12)15(21)22-16(3,4)5/h8-10H,6-7H2,1-5H3,(H,17,20). The van der Waals surface area contributed by atoms with Crippen molar-refractivity contribution in [3.63, 3.8) is 0 Å². The highest BCUT2D eigenvalue weighted by Crippen LogP contribution is 2.24. The second kappa shape index (κ2) is 5.87. The second-order valence-corrected chi connectivity index (χ2v) is 6.09. The molecule has 0 atom stereocenters. The van der Waals surface area contributed by atoms with E-state index < -0.39 is 17.4 Å². The van der Waals surface area contributed by atoms with Crippen LogP contribution in [-0.4, -0.2) is 34.3 Å². The van der Waals surface area contributed by atoms with E-state index >= 15 is 0 Å². The minimum Gasteiger partial charge on any atom is -0.443 e. The van der Waals surface area contributed by atoms with Gasteiger partial charge in [-0.05, 0) is 46.8 Å². The van der Waals surface area contributed by atoms with Gasteiger partial charge in [-0.2, -0.15) is 4.57 Å². The molecule has 0 fully saturated rings. The molecule has 1 N–H and O–H groups in total. The zero-order chi connectivity index (χ0) is 16.5. The second-order valence-electron chi connectivity index (χ2n) is 6.09. The number of ether oxygens (including phenoxy) is 1. The molecule has 2 aromatic rings. The number of carbonyl (C=O) groups is 1. The Balaban J connectivity index is 2.59. The molecule has 1 heterocycles. The maximum absolute atomic E-state index is 12.3. The van der Waals surface area contributed by atoms with E-state index in [0.717, 1.165) is 23.3 Å². The average molecular weight is 305 g/mol. The summed E-state index contributed by atoms with van der Waals surface area (Å²) >= 11 is 0. The quantitative estimate of drug-likeness (QED) is 0.946. The number of fused-ring (bicyclic) bond motifs is 1. The summed E-state index contributed by atoms with van der Waals surface area (Å²) in [6.07, 6.45) is -0.666. The lowest BCUT2D eigenvalue weighted by Crippen LogP contribution is -2.32. The SMILES string of the molecule is CCN(CC)c1cccc2c1[nH]c(=O)n2C(=O)OC(C)(C)C. The van der Waals surface area contributed by atoms with Crippen LogP contribution in [0.1, 0.15) is 34.6 Å². The van der Waals surface area contributed by atoms with Crippen molar-refractivity contribution in [2.45, 2.75) is 40.2 Å². The van der Waals surface area contributed by atoms with Crippen LogP contribution in [0, 0.1) is 0 Å². The summed E-state index contributed by atoms with van der Waals surface area (Å²) in [6, 6.07) is 5.51. The van der Waals surface area contributed by atoms with Gasteiger partial charge in [0, 0.05) is 13.1 Å². The van der Waals surface area contributed by atoms with Gasteiger partial charge in [-0.3, -0.25) is 0 Å².